The van der Waals surface area contributed by atoms with Crippen molar-refractivity contribution in [1.82, 2.24) is 10.2 Å². The minimum absolute atomic E-state index is 0.0670. The van der Waals surface area contributed by atoms with Crippen LogP contribution >= 0.6 is 0 Å². The second kappa shape index (κ2) is 5.71. The van der Waals surface area contributed by atoms with E-state index >= 15 is 0 Å². The van der Waals surface area contributed by atoms with Crippen LogP contribution in [-0.2, 0) is 16.1 Å². The van der Waals surface area contributed by atoms with E-state index in [-0.39, 0.29) is 18.1 Å². The number of likely N-dealkylation sites (tertiary alicyclic amines) is 1. The smallest absolute Gasteiger partial charge is 0.237 e. The van der Waals surface area contributed by atoms with Crippen LogP contribution in [-0.4, -0.2) is 42.6 Å². The number of amides is 1. The van der Waals surface area contributed by atoms with Crippen LogP contribution in [0.2, 0.25) is 0 Å². The number of fused-ring (bicyclic) bond motifs is 1. The maximum Gasteiger partial charge on any atom is 0.237 e. The summed E-state index contributed by atoms with van der Waals surface area (Å²) < 4.78 is 6.02. The molecule has 1 unspecified atom stereocenters. The van der Waals surface area contributed by atoms with Gasteiger partial charge in [-0.25, -0.2) is 0 Å². The summed E-state index contributed by atoms with van der Waals surface area (Å²) in [7, 11) is 0. The number of nitrogens with zero attached hydrogens (tertiary/aromatic N) is 1. The van der Waals surface area contributed by atoms with E-state index in [2.05, 4.69) is 52.7 Å². The third-order valence-electron chi connectivity index (χ3n) is 4.69. The molecule has 0 spiro atoms. The number of carbonyl (C=O) groups is 1. The highest BCUT2D eigenvalue weighted by Crippen LogP contribution is 2.23. The first kappa shape index (κ1) is 13.7. The third-order valence-corrected chi connectivity index (χ3v) is 4.69. The Morgan fingerprint density at radius 3 is 2.77 bits per heavy atom. The van der Waals surface area contributed by atoms with Gasteiger partial charge in [0.15, 0.2) is 0 Å². The fraction of sp³-hybridized carbons (Fsp3) is 0.389. The number of rotatable bonds is 4. The molecule has 1 amide bonds. The minimum Gasteiger partial charge on any atom is -0.371 e. The van der Waals surface area contributed by atoms with Gasteiger partial charge in [-0.1, -0.05) is 42.5 Å². The fourth-order valence-corrected chi connectivity index (χ4v) is 3.38. The van der Waals surface area contributed by atoms with Crippen LogP contribution in [0.4, 0.5) is 0 Å². The van der Waals surface area contributed by atoms with Crippen LogP contribution < -0.4 is 5.32 Å². The summed E-state index contributed by atoms with van der Waals surface area (Å²) in [5.41, 5.74) is 1.23. The van der Waals surface area contributed by atoms with E-state index in [1.807, 2.05) is 0 Å². The quantitative estimate of drug-likeness (QED) is 0.937. The van der Waals surface area contributed by atoms with Gasteiger partial charge in [0.1, 0.15) is 0 Å². The minimum atomic E-state index is 0.0670. The monoisotopic (exact) mass is 296 g/mol. The summed E-state index contributed by atoms with van der Waals surface area (Å²) in [5, 5.41) is 5.40. The Balaban J connectivity index is 1.35. The summed E-state index contributed by atoms with van der Waals surface area (Å²) in [4.78, 5) is 13.9. The van der Waals surface area contributed by atoms with Gasteiger partial charge in [0.2, 0.25) is 5.91 Å². The normalized spacial score (nSPS) is 22.7. The topological polar surface area (TPSA) is 41.6 Å². The van der Waals surface area contributed by atoms with Gasteiger partial charge in [-0.2, -0.15) is 0 Å². The Morgan fingerprint density at radius 1 is 1.14 bits per heavy atom. The Bertz CT molecular complexity index is 689. The molecule has 2 aliphatic heterocycles. The Kier molecular flexibility index (Phi) is 3.56. The highest BCUT2D eigenvalue weighted by atomic mass is 16.5. The lowest BCUT2D eigenvalue weighted by Gasteiger charge is -2.41. The van der Waals surface area contributed by atoms with E-state index in [9.17, 15) is 4.79 Å². The number of carbonyl (C=O) groups excluding carboxylic acids is 1. The predicted molar refractivity (Wildman–Crippen MR) is 85.5 cm³/mol. The van der Waals surface area contributed by atoms with Gasteiger partial charge < -0.3 is 10.1 Å². The second-order valence-electron chi connectivity index (χ2n) is 6.12. The molecule has 0 saturated carbocycles. The van der Waals surface area contributed by atoms with E-state index in [0.717, 1.165) is 26.1 Å². The van der Waals surface area contributed by atoms with Crippen molar-refractivity contribution < 1.29 is 9.53 Å². The predicted octanol–water partition coefficient (Wildman–Crippen LogP) is 1.93. The highest BCUT2D eigenvalue weighted by molar-refractivity contribution is 5.85. The summed E-state index contributed by atoms with van der Waals surface area (Å²) in [6.45, 7) is 3.17. The van der Waals surface area contributed by atoms with E-state index in [0.29, 0.717) is 6.61 Å². The molecule has 1 atom stereocenters. The number of hydrogen-bond donors (Lipinski definition) is 1. The maximum atomic E-state index is 11.6. The molecule has 0 radical (unpaired) electrons. The number of ether oxygens (including phenoxy) is 1. The van der Waals surface area contributed by atoms with E-state index < -0.39 is 0 Å². The van der Waals surface area contributed by atoms with Crippen molar-refractivity contribution in [2.45, 2.75) is 25.2 Å². The maximum absolute atomic E-state index is 11.6. The van der Waals surface area contributed by atoms with Crippen LogP contribution in [0, 0.1) is 0 Å². The largest absolute Gasteiger partial charge is 0.371 e. The van der Waals surface area contributed by atoms with Gasteiger partial charge in [0.25, 0.3) is 0 Å². The van der Waals surface area contributed by atoms with Crippen molar-refractivity contribution in [2.75, 3.05) is 19.6 Å². The van der Waals surface area contributed by atoms with Crippen LogP contribution in [0.15, 0.2) is 42.5 Å². The van der Waals surface area contributed by atoms with Crippen LogP contribution in [0.1, 0.15) is 12.0 Å². The molecule has 2 aromatic carbocycles. The Hall–Kier alpha value is -1.91. The lowest BCUT2D eigenvalue weighted by Crippen LogP contribution is -2.58. The van der Waals surface area contributed by atoms with Crippen molar-refractivity contribution in [1.29, 1.82) is 0 Å². The lowest BCUT2D eigenvalue weighted by atomic mass is 10.0. The first-order chi connectivity index (χ1) is 10.8. The molecule has 0 bridgehead atoms. The second-order valence-corrected chi connectivity index (χ2v) is 6.12. The molecular weight excluding hydrogens is 276 g/mol. The van der Waals surface area contributed by atoms with E-state index in [4.69, 9.17) is 4.74 Å². The molecule has 4 rings (SSSR count). The molecule has 2 aromatic rings. The molecule has 4 nitrogen and oxygen atoms in total. The van der Waals surface area contributed by atoms with Crippen molar-refractivity contribution in [3.63, 3.8) is 0 Å². The zero-order valence-corrected chi connectivity index (χ0v) is 12.5. The lowest BCUT2D eigenvalue weighted by molar-refractivity contribution is -0.131. The van der Waals surface area contributed by atoms with Crippen molar-refractivity contribution in [3.8, 4) is 0 Å². The van der Waals surface area contributed by atoms with Crippen LogP contribution in [0.5, 0.6) is 0 Å². The molecule has 0 aromatic heterocycles. The Morgan fingerprint density at radius 2 is 1.95 bits per heavy atom. The average molecular weight is 296 g/mol. The van der Waals surface area contributed by atoms with Crippen molar-refractivity contribution >= 4 is 16.7 Å². The van der Waals surface area contributed by atoms with Crippen LogP contribution in [0.25, 0.3) is 10.8 Å². The number of benzene rings is 2. The zero-order valence-electron chi connectivity index (χ0n) is 12.5. The van der Waals surface area contributed by atoms with E-state index in [1.54, 1.807) is 0 Å². The average Bonchev–Trinajstić information content (AvgIpc) is 2.92. The molecule has 0 aliphatic carbocycles. The van der Waals surface area contributed by atoms with Gasteiger partial charge in [0, 0.05) is 19.6 Å². The molecule has 114 valence electrons. The SMILES string of the molecule is O=C1NCCC1N1CC(OCc2cccc3ccccc23)C1. The molecule has 22 heavy (non-hydrogen) atoms. The van der Waals surface area contributed by atoms with Gasteiger partial charge >= 0.3 is 0 Å². The molecular formula is C18H20N2O2. The summed E-state index contributed by atoms with van der Waals surface area (Å²) >= 11 is 0. The third kappa shape index (κ3) is 2.49. The summed E-state index contributed by atoms with van der Waals surface area (Å²) in [5.74, 6) is 0.174. The summed E-state index contributed by atoms with van der Waals surface area (Å²) in [6, 6.07) is 14.8. The van der Waals surface area contributed by atoms with E-state index in [1.165, 1.54) is 16.3 Å². The molecule has 1 N–H and O–H groups in total. The van der Waals surface area contributed by atoms with Gasteiger partial charge in [-0.3, -0.25) is 9.69 Å². The van der Waals surface area contributed by atoms with Crippen molar-refractivity contribution in [3.05, 3.63) is 48.0 Å². The van der Waals surface area contributed by atoms with Gasteiger partial charge in [0.05, 0.1) is 18.8 Å². The Labute approximate surface area is 130 Å². The molecule has 2 fully saturated rings. The standard InChI is InChI=1S/C18H20N2O2/c21-18-17(8-9-19-18)20-10-15(11-20)22-12-14-6-3-5-13-4-1-2-7-16(13)14/h1-7,15,17H,8-12H2,(H,19,21). The molecule has 2 heterocycles. The molecule has 4 heteroatoms. The summed E-state index contributed by atoms with van der Waals surface area (Å²) in [6.07, 6.45) is 1.17. The van der Waals surface area contributed by atoms with Gasteiger partial charge in [-0.15, -0.1) is 0 Å². The van der Waals surface area contributed by atoms with Gasteiger partial charge in [-0.05, 0) is 22.8 Å². The molecule has 2 aliphatic rings. The zero-order chi connectivity index (χ0) is 14.9. The van der Waals surface area contributed by atoms with Crippen molar-refractivity contribution in [2.24, 2.45) is 0 Å². The fourth-order valence-electron chi connectivity index (χ4n) is 3.38. The number of hydrogen-bond acceptors (Lipinski definition) is 3. The first-order valence-electron chi connectivity index (χ1n) is 7.91. The van der Waals surface area contributed by atoms with Crippen LogP contribution in [0.3, 0.4) is 0 Å². The number of nitrogens with one attached hydrogen (secondary N) is 1. The highest BCUT2D eigenvalue weighted by Gasteiger charge is 2.38. The molecule has 2 saturated heterocycles. The first-order valence-corrected chi connectivity index (χ1v) is 7.91.